The van der Waals surface area contributed by atoms with Gasteiger partial charge in [-0.15, -0.1) is 0 Å². The lowest BCUT2D eigenvalue weighted by molar-refractivity contribution is -0.137. The molecule has 1 atom stereocenters. The molecule has 23 heavy (non-hydrogen) atoms. The molecular weight excluding hydrogens is 341 g/mol. The minimum Gasteiger partial charge on any atom is -0.396 e. The zero-order chi connectivity index (χ0) is 17.8. The molecule has 0 aliphatic heterocycles. The molecule has 1 rings (SSSR count). The third-order valence-electron chi connectivity index (χ3n) is 3.62. The maximum absolute atomic E-state index is 12.2. The van der Waals surface area contributed by atoms with E-state index in [-0.39, 0.29) is 25.4 Å². The number of aliphatic hydroxyl groups excluding tert-OH is 2. The smallest absolute Gasteiger partial charge is 0.249 e. The molecule has 1 aromatic rings. The van der Waals surface area contributed by atoms with Crippen LogP contribution in [0.15, 0.2) is 12.1 Å². The van der Waals surface area contributed by atoms with Crippen LogP contribution in [0.2, 0.25) is 10.0 Å². The summed E-state index contributed by atoms with van der Waals surface area (Å²) >= 11 is 11.8. The standard InChI is InChI=1S/C16H21Cl2NO4/c1-9-6-11(17)12(18)7-10(9)13(21)4-5-19-15(23)14(22)16(2,3)8-20/h6-7,14,20,22H,4-5,8H2,1-3H3,(H,19,23)/t14-/m1/s1. The van der Waals surface area contributed by atoms with Crippen LogP contribution < -0.4 is 5.32 Å². The Morgan fingerprint density at radius 1 is 1.26 bits per heavy atom. The van der Waals surface area contributed by atoms with Gasteiger partial charge in [0.25, 0.3) is 0 Å². The molecule has 0 bridgehead atoms. The molecular formula is C16H21Cl2NO4. The molecule has 0 heterocycles. The largest absolute Gasteiger partial charge is 0.396 e. The second-order valence-electron chi connectivity index (χ2n) is 6.09. The summed E-state index contributed by atoms with van der Waals surface area (Å²) in [5.74, 6) is -0.806. The number of rotatable bonds is 7. The SMILES string of the molecule is Cc1cc(Cl)c(Cl)cc1C(=O)CCNC(=O)[C@@H](O)C(C)(C)CO. The van der Waals surface area contributed by atoms with Gasteiger partial charge in [0.2, 0.25) is 5.91 Å². The molecule has 0 aromatic heterocycles. The molecule has 0 aliphatic carbocycles. The summed E-state index contributed by atoms with van der Waals surface area (Å²) in [4.78, 5) is 24.0. The van der Waals surface area contributed by atoms with Gasteiger partial charge in [-0.2, -0.15) is 0 Å². The van der Waals surface area contributed by atoms with Crippen molar-refractivity contribution in [2.45, 2.75) is 33.3 Å². The summed E-state index contributed by atoms with van der Waals surface area (Å²) < 4.78 is 0. The second kappa shape index (κ2) is 8.11. The van der Waals surface area contributed by atoms with Crippen molar-refractivity contribution >= 4 is 34.9 Å². The third-order valence-corrected chi connectivity index (χ3v) is 4.34. The van der Waals surface area contributed by atoms with Crippen molar-refractivity contribution in [1.29, 1.82) is 0 Å². The number of benzene rings is 1. The van der Waals surface area contributed by atoms with Crippen LogP contribution in [0.3, 0.4) is 0 Å². The molecule has 0 fully saturated rings. The minimum absolute atomic E-state index is 0.0663. The van der Waals surface area contributed by atoms with Gasteiger partial charge in [0.05, 0.1) is 16.7 Å². The van der Waals surface area contributed by atoms with E-state index in [1.807, 2.05) is 0 Å². The van der Waals surface area contributed by atoms with E-state index in [1.54, 1.807) is 26.8 Å². The molecule has 0 saturated heterocycles. The van der Waals surface area contributed by atoms with E-state index in [0.29, 0.717) is 21.2 Å². The van der Waals surface area contributed by atoms with E-state index in [2.05, 4.69) is 5.32 Å². The maximum Gasteiger partial charge on any atom is 0.249 e. The van der Waals surface area contributed by atoms with Crippen LogP contribution in [0.1, 0.15) is 36.2 Å². The van der Waals surface area contributed by atoms with Crippen LogP contribution in [-0.2, 0) is 4.79 Å². The molecule has 0 spiro atoms. The second-order valence-corrected chi connectivity index (χ2v) is 6.91. The van der Waals surface area contributed by atoms with E-state index >= 15 is 0 Å². The predicted octanol–water partition coefficient (Wildman–Crippen LogP) is 2.37. The summed E-state index contributed by atoms with van der Waals surface area (Å²) in [5.41, 5.74) is 0.205. The molecule has 7 heteroatoms. The van der Waals surface area contributed by atoms with Crippen molar-refractivity contribution in [3.63, 3.8) is 0 Å². The van der Waals surface area contributed by atoms with Crippen LogP contribution >= 0.6 is 23.2 Å². The van der Waals surface area contributed by atoms with Crippen molar-refractivity contribution in [3.05, 3.63) is 33.3 Å². The lowest BCUT2D eigenvalue weighted by Crippen LogP contribution is -2.46. The molecule has 128 valence electrons. The number of amides is 1. The molecule has 5 nitrogen and oxygen atoms in total. The van der Waals surface area contributed by atoms with Gasteiger partial charge >= 0.3 is 0 Å². The maximum atomic E-state index is 12.2. The Hall–Kier alpha value is -1.14. The fourth-order valence-electron chi connectivity index (χ4n) is 1.92. The quantitative estimate of drug-likeness (QED) is 0.650. The topological polar surface area (TPSA) is 86.6 Å². The van der Waals surface area contributed by atoms with Crippen LogP contribution in [-0.4, -0.2) is 41.2 Å². The first-order chi connectivity index (χ1) is 10.6. The Morgan fingerprint density at radius 3 is 2.39 bits per heavy atom. The van der Waals surface area contributed by atoms with Crippen molar-refractivity contribution in [2.75, 3.05) is 13.2 Å². The summed E-state index contributed by atoms with van der Waals surface area (Å²) in [5, 5.41) is 22.2. The highest BCUT2D eigenvalue weighted by atomic mass is 35.5. The lowest BCUT2D eigenvalue weighted by Gasteiger charge is -2.27. The van der Waals surface area contributed by atoms with Gasteiger partial charge < -0.3 is 15.5 Å². The Bertz CT molecular complexity index is 602. The van der Waals surface area contributed by atoms with E-state index in [4.69, 9.17) is 28.3 Å². The van der Waals surface area contributed by atoms with Crippen LogP contribution in [0.4, 0.5) is 0 Å². The molecule has 1 amide bonds. The fraction of sp³-hybridized carbons (Fsp3) is 0.500. The summed E-state index contributed by atoms with van der Waals surface area (Å²) in [7, 11) is 0. The normalized spacial score (nSPS) is 12.8. The zero-order valence-electron chi connectivity index (χ0n) is 13.3. The van der Waals surface area contributed by atoms with E-state index < -0.39 is 17.4 Å². The molecule has 0 aliphatic rings. The molecule has 0 saturated carbocycles. The van der Waals surface area contributed by atoms with Gasteiger partial charge in [-0.1, -0.05) is 37.0 Å². The number of nitrogens with one attached hydrogen (secondary N) is 1. The Labute approximate surface area is 145 Å². The molecule has 3 N–H and O–H groups in total. The molecule has 1 aromatic carbocycles. The van der Waals surface area contributed by atoms with Gasteiger partial charge in [-0.3, -0.25) is 9.59 Å². The van der Waals surface area contributed by atoms with E-state index in [0.717, 1.165) is 0 Å². The van der Waals surface area contributed by atoms with Crippen LogP contribution in [0.5, 0.6) is 0 Å². The Kier molecular flexibility index (Phi) is 7.02. The van der Waals surface area contributed by atoms with Crippen molar-refractivity contribution < 1.29 is 19.8 Å². The number of halogens is 2. The van der Waals surface area contributed by atoms with Gasteiger partial charge in [-0.05, 0) is 24.6 Å². The minimum atomic E-state index is -1.35. The summed E-state index contributed by atoms with van der Waals surface area (Å²) in [6, 6.07) is 3.12. The summed E-state index contributed by atoms with van der Waals surface area (Å²) in [6.45, 7) is 4.64. The third kappa shape index (κ3) is 5.18. The van der Waals surface area contributed by atoms with Crippen molar-refractivity contribution in [2.24, 2.45) is 5.41 Å². The van der Waals surface area contributed by atoms with Crippen molar-refractivity contribution in [1.82, 2.24) is 5.32 Å². The summed E-state index contributed by atoms with van der Waals surface area (Å²) in [6.07, 6.45) is -1.29. The Morgan fingerprint density at radius 2 is 1.83 bits per heavy atom. The highest BCUT2D eigenvalue weighted by Gasteiger charge is 2.32. The highest BCUT2D eigenvalue weighted by molar-refractivity contribution is 6.42. The average Bonchev–Trinajstić information content (AvgIpc) is 2.49. The average molecular weight is 362 g/mol. The van der Waals surface area contributed by atoms with Gasteiger partial charge in [-0.25, -0.2) is 0 Å². The monoisotopic (exact) mass is 361 g/mol. The van der Waals surface area contributed by atoms with Crippen LogP contribution in [0, 0.1) is 12.3 Å². The number of aliphatic hydroxyl groups is 2. The van der Waals surface area contributed by atoms with E-state index in [9.17, 15) is 14.7 Å². The highest BCUT2D eigenvalue weighted by Crippen LogP contribution is 2.26. The number of Topliss-reactive ketones (excluding diaryl/α,β-unsaturated/α-hetero) is 1. The number of ketones is 1. The fourth-order valence-corrected chi connectivity index (χ4v) is 2.30. The van der Waals surface area contributed by atoms with Gasteiger partial charge in [0.1, 0.15) is 6.10 Å². The molecule has 0 unspecified atom stereocenters. The van der Waals surface area contributed by atoms with Crippen LogP contribution in [0.25, 0.3) is 0 Å². The van der Waals surface area contributed by atoms with Crippen molar-refractivity contribution in [3.8, 4) is 0 Å². The predicted molar refractivity (Wildman–Crippen MR) is 90.0 cm³/mol. The number of hydrogen-bond acceptors (Lipinski definition) is 4. The lowest BCUT2D eigenvalue weighted by atomic mass is 9.87. The number of carbonyl (C=O) groups excluding carboxylic acids is 2. The first kappa shape index (κ1) is 19.9. The number of hydrogen-bond donors (Lipinski definition) is 3. The van der Waals surface area contributed by atoms with E-state index in [1.165, 1.54) is 6.07 Å². The zero-order valence-corrected chi connectivity index (χ0v) is 14.8. The Balaban J connectivity index is 2.61. The molecule has 0 radical (unpaired) electrons. The first-order valence-corrected chi connectivity index (χ1v) is 7.91. The number of aryl methyl sites for hydroxylation is 1. The van der Waals surface area contributed by atoms with Gasteiger partial charge in [0, 0.05) is 23.9 Å². The van der Waals surface area contributed by atoms with Gasteiger partial charge in [0.15, 0.2) is 5.78 Å². The first-order valence-electron chi connectivity index (χ1n) is 7.15. The number of carbonyl (C=O) groups is 2.